The van der Waals surface area contributed by atoms with Gasteiger partial charge in [-0.05, 0) is 38.1 Å². The molecule has 2 N–H and O–H groups in total. The molecule has 0 aliphatic carbocycles. The highest BCUT2D eigenvalue weighted by molar-refractivity contribution is 6.34. The van der Waals surface area contributed by atoms with E-state index in [1.165, 1.54) is 0 Å². The summed E-state index contributed by atoms with van der Waals surface area (Å²) in [4.78, 5) is 0. The maximum absolute atomic E-state index is 6.06. The molecule has 0 unspecified atom stereocenters. The molecular weight excluding hydrogens is 297 g/mol. The third-order valence-electron chi connectivity index (χ3n) is 2.47. The largest absolute Gasteiger partial charge is 0.489 e. The van der Waals surface area contributed by atoms with E-state index in [1.807, 2.05) is 13.8 Å². The van der Waals surface area contributed by atoms with Gasteiger partial charge in [-0.15, -0.1) is 0 Å². The van der Waals surface area contributed by atoms with Gasteiger partial charge in [0.05, 0.1) is 16.8 Å². The summed E-state index contributed by atoms with van der Waals surface area (Å²) in [5.74, 6) is 1.65. The summed E-state index contributed by atoms with van der Waals surface area (Å²) in [6, 6.07) is 10.2. The van der Waals surface area contributed by atoms with E-state index in [1.54, 1.807) is 36.4 Å². The third-order valence-corrected chi connectivity index (χ3v) is 3.02. The third kappa shape index (κ3) is 3.71. The minimum Gasteiger partial charge on any atom is -0.489 e. The smallest absolute Gasteiger partial charge is 0.147 e. The quantitative estimate of drug-likeness (QED) is 0.794. The molecule has 3 nitrogen and oxygen atoms in total. The Hall–Kier alpha value is -1.58. The van der Waals surface area contributed by atoms with E-state index < -0.39 is 0 Å². The lowest BCUT2D eigenvalue weighted by molar-refractivity contribution is 0.243. The fourth-order valence-corrected chi connectivity index (χ4v) is 1.93. The molecule has 0 aromatic heterocycles. The Balaban J connectivity index is 2.27. The van der Waals surface area contributed by atoms with Crippen molar-refractivity contribution in [3.63, 3.8) is 0 Å². The van der Waals surface area contributed by atoms with Crippen molar-refractivity contribution >= 4 is 28.9 Å². The van der Waals surface area contributed by atoms with Crippen molar-refractivity contribution in [2.45, 2.75) is 20.0 Å². The number of rotatable bonds is 4. The molecule has 2 rings (SSSR count). The molecule has 2 aromatic carbocycles. The average Bonchev–Trinajstić information content (AvgIpc) is 2.37. The Kier molecular flexibility index (Phi) is 4.63. The molecule has 2 aromatic rings. The fraction of sp³-hybridized carbons (Fsp3) is 0.200. The molecule has 0 radical (unpaired) electrons. The van der Waals surface area contributed by atoms with Crippen molar-refractivity contribution in [2.24, 2.45) is 0 Å². The topological polar surface area (TPSA) is 44.5 Å². The van der Waals surface area contributed by atoms with E-state index in [2.05, 4.69) is 0 Å². The number of benzene rings is 2. The minimum absolute atomic E-state index is 0.0299. The number of anilines is 1. The SMILES string of the molecule is CC(C)Oc1cc(Oc2cc(Cl)ccc2Cl)ccc1N. The number of ether oxygens (including phenoxy) is 2. The maximum Gasteiger partial charge on any atom is 0.147 e. The lowest BCUT2D eigenvalue weighted by Gasteiger charge is -2.14. The van der Waals surface area contributed by atoms with Gasteiger partial charge in [0.1, 0.15) is 17.2 Å². The summed E-state index contributed by atoms with van der Waals surface area (Å²) in [5, 5.41) is 1.04. The first-order valence-corrected chi connectivity index (χ1v) is 6.90. The fourth-order valence-electron chi connectivity index (χ4n) is 1.62. The molecule has 0 bridgehead atoms. The number of nitrogen functional groups attached to an aromatic ring is 1. The predicted octanol–water partition coefficient (Wildman–Crippen LogP) is 5.16. The van der Waals surface area contributed by atoms with Crippen LogP contribution in [0.25, 0.3) is 0 Å². The summed E-state index contributed by atoms with van der Waals surface area (Å²) >= 11 is 12.0. The van der Waals surface area contributed by atoms with Gasteiger partial charge in [0.25, 0.3) is 0 Å². The highest BCUT2D eigenvalue weighted by Gasteiger charge is 2.08. The molecule has 106 valence electrons. The van der Waals surface area contributed by atoms with Gasteiger partial charge in [-0.25, -0.2) is 0 Å². The molecule has 0 spiro atoms. The first-order valence-electron chi connectivity index (χ1n) is 6.15. The predicted molar refractivity (Wildman–Crippen MR) is 83.2 cm³/mol. The lowest BCUT2D eigenvalue weighted by Crippen LogP contribution is -2.07. The summed E-state index contributed by atoms with van der Waals surface area (Å²) in [5.41, 5.74) is 6.42. The van der Waals surface area contributed by atoms with Crippen LogP contribution in [0.5, 0.6) is 17.2 Å². The van der Waals surface area contributed by atoms with Gasteiger partial charge in [-0.2, -0.15) is 0 Å². The zero-order valence-electron chi connectivity index (χ0n) is 11.2. The van der Waals surface area contributed by atoms with E-state index in [0.717, 1.165) is 0 Å². The van der Waals surface area contributed by atoms with Crippen molar-refractivity contribution in [1.82, 2.24) is 0 Å². The molecule has 0 aliphatic heterocycles. The molecule has 0 heterocycles. The second-order valence-corrected chi connectivity index (χ2v) is 5.39. The van der Waals surface area contributed by atoms with Crippen LogP contribution in [-0.4, -0.2) is 6.10 Å². The highest BCUT2D eigenvalue weighted by atomic mass is 35.5. The normalized spacial score (nSPS) is 10.7. The Bertz CT molecular complexity index is 615. The van der Waals surface area contributed by atoms with E-state index >= 15 is 0 Å². The van der Waals surface area contributed by atoms with Crippen LogP contribution in [0.2, 0.25) is 10.0 Å². The van der Waals surface area contributed by atoms with E-state index in [9.17, 15) is 0 Å². The lowest BCUT2D eigenvalue weighted by atomic mass is 10.2. The van der Waals surface area contributed by atoms with Gasteiger partial charge in [0, 0.05) is 17.2 Å². The van der Waals surface area contributed by atoms with Crippen LogP contribution >= 0.6 is 23.2 Å². The number of hydrogen-bond donors (Lipinski definition) is 1. The van der Waals surface area contributed by atoms with Crippen LogP contribution in [0.15, 0.2) is 36.4 Å². The Morgan fingerprint density at radius 3 is 2.45 bits per heavy atom. The average molecular weight is 312 g/mol. The first-order chi connectivity index (χ1) is 9.45. The van der Waals surface area contributed by atoms with Gasteiger partial charge in [-0.3, -0.25) is 0 Å². The van der Waals surface area contributed by atoms with Crippen molar-refractivity contribution < 1.29 is 9.47 Å². The number of nitrogens with two attached hydrogens (primary N) is 1. The van der Waals surface area contributed by atoms with Crippen molar-refractivity contribution in [3.8, 4) is 17.2 Å². The minimum atomic E-state index is 0.0299. The summed E-state index contributed by atoms with van der Waals surface area (Å²) < 4.78 is 11.3. The van der Waals surface area contributed by atoms with Gasteiger partial charge >= 0.3 is 0 Å². The van der Waals surface area contributed by atoms with Crippen molar-refractivity contribution in [3.05, 3.63) is 46.4 Å². The molecule has 0 saturated heterocycles. The standard InChI is InChI=1S/C15H15Cl2NO2/c1-9(2)19-15-8-11(4-6-13(15)18)20-14-7-10(16)3-5-12(14)17/h3-9H,18H2,1-2H3. The van der Waals surface area contributed by atoms with Crippen LogP contribution in [0.1, 0.15) is 13.8 Å². The molecule has 20 heavy (non-hydrogen) atoms. The molecule has 0 aliphatic rings. The van der Waals surface area contributed by atoms with Crippen molar-refractivity contribution in [1.29, 1.82) is 0 Å². The van der Waals surface area contributed by atoms with Crippen LogP contribution in [0, 0.1) is 0 Å². The monoisotopic (exact) mass is 311 g/mol. The van der Waals surface area contributed by atoms with Crippen LogP contribution in [-0.2, 0) is 0 Å². The van der Waals surface area contributed by atoms with Crippen molar-refractivity contribution in [2.75, 3.05) is 5.73 Å². The van der Waals surface area contributed by atoms with Crippen LogP contribution in [0.3, 0.4) is 0 Å². The molecule has 0 amide bonds. The van der Waals surface area contributed by atoms with Gasteiger partial charge in [0.2, 0.25) is 0 Å². The highest BCUT2D eigenvalue weighted by Crippen LogP contribution is 2.35. The summed E-state index contributed by atoms with van der Waals surface area (Å²) in [6.07, 6.45) is 0.0299. The second kappa shape index (κ2) is 6.25. The molecule has 5 heteroatoms. The molecular formula is C15H15Cl2NO2. The number of halogens is 2. The van der Waals surface area contributed by atoms with Gasteiger partial charge in [0.15, 0.2) is 0 Å². The number of hydrogen-bond acceptors (Lipinski definition) is 3. The molecule has 0 saturated carbocycles. The van der Waals surface area contributed by atoms with E-state index in [0.29, 0.717) is 33.0 Å². The van der Waals surface area contributed by atoms with Gasteiger partial charge < -0.3 is 15.2 Å². The second-order valence-electron chi connectivity index (χ2n) is 4.54. The maximum atomic E-state index is 6.06. The molecule has 0 atom stereocenters. The van der Waals surface area contributed by atoms with Gasteiger partial charge in [-0.1, -0.05) is 23.2 Å². The summed E-state index contributed by atoms with van der Waals surface area (Å²) in [7, 11) is 0. The van der Waals surface area contributed by atoms with E-state index in [4.69, 9.17) is 38.4 Å². The van der Waals surface area contributed by atoms with E-state index in [-0.39, 0.29) is 6.10 Å². The van der Waals surface area contributed by atoms with Crippen LogP contribution in [0.4, 0.5) is 5.69 Å². The summed E-state index contributed by atoms with van der Waals surface area (Å²) in [6.45, 7) is 3.86. The molecule has 0 fully saturated rings. The Morgan fingerprint density at radius 2 is 1.75 bits per heavy atom. The van der Waals surface area contributed by atoms with Crippen LogP contribution < -0.4 is 15.2 Å². The first kappa shape index (κ1) is 14.8. The zero-order valence-corrected chi connectivity index (χ0v) is 12.7. The zero-order chi connectivity index (χ0) is 14.7. The Morgan fingerprint density at radius 1 is 1.00 bits per heavy atom. The Labute approximate surface area is 128 Å².